The summed E-state index contributed by atoms with van der Waals surface area (Å²) in [5, 5.41) is 10.7. The van der Waals surface area contributed by atoms with Crippen LogP contribution >= 0.6 is 0 Å². The molecule has 0 spiro atoms. The zero-order valence-electron chi connectivity index (χ0n) is 21.2. The van der Waals surface area contributed by atoms with E-state index < -0.39 is 11.8 Å². The molecule has 2 atom stereocenters. The molecule has 0 amide bonds. The topological polar surface area (TPSA) is 49.8 Å². The van der Waals surface area contributed by atoms with Crippen LogP contribution in [-0.2, 0) is 9.53 Å². The number of carbonyl (C=O) groups is 1. The number of esters is 1. The van der Waals surface area contributed by atoms with Crippen molar-refractivity contribution >= 4 is 5.97 Å². The van der Waals surface area contributed by atoms with Crippen LogP contribution in [0.3, 0.4) is 0 Å². The first-order valence-corrected chi connectivity index (χ1v) is 12.8. The average Bonchev–Trinajstić information content (AvgIpc) is 2.65. The van der Waals surface area contributed by atoms with Crippen molar-refractivity contribution in [3.05, 3.63) is 0 Å². The van der Waals surface area contributed by atoms with E-state index in [9.17, 15) is 9.90 Å². The molecule has 0 saturated heterocycles. The molecule has 0 aromatic carbocycles. The number of ether oxygens (including phenoxy) is 1. The fourth-order valence-corrected chi connectivity index (χ4v) is 4.36. The van der Waals surface area contributed by atoms with Gasteiger partial charge in [-0.2, -0.15) is 0 Å². The third kappa shape index (κ3) is 16.1. The molecule has 0 saturated carbocycles. The standard InChI is InChI=1S/C26H53NO3/c1-7-8-9-10-11-12-13-14-15-16-17-18-19-20-21-24(28)30-25(27(5)6)26(4,29)22-23(2)3/h23,25,29H,7-22H2,1-6H3. The van der Waals surface area contributed by atoms with E-state index >= 15 is 0 Å². The predicted molar refractivity (Wildman–Crippen MR) is 129 cm³/mol. The predicted octanol–water partition coefficient (Wildman–Crippen LogP) is 7.09. The quantitative estimate of drug-likeness (QED) is 0.128. The number of rotatable bonds is 20. The van der Waals surface area contributed by atoms with E-state index in [4.69, 9.17) is 4.74 Å². The lowest BCUT2D eigenvalue weighted by Gasteiger charge is -2.37. The minimum atomic E-state index is -1.04. The molecule has 180 valence electrons. The first-order chi connectivity index (χ1) is 14.2. The highest BCUT2D eigenvalue weighted by Gasteiger charge is 2.37. The number of hydrogen-bond acceptors (Lipinski definition) is 4. The maximum atomic E-state index is 12.2. The maximum absolute atomic E-state index is 12.2. The molecule has 0 fully saturated rings. The second kappa shape index (κ2) is 18.0. The minimum Gasteiger partial charge on any atom is -0.443 e. The van der Waals surface area contributed by atoms with E-state index in [0.717, 1.165) is 12.8 Å². The Kier molecular flexibility index (Phi) is 17.6. The zero-order valence-corrected chi connectivity index (χ0v) is 21.2. The normalized spacial score (nSPS) is 14.8. The Morgan fingerprint density at radius 3 is 1.60 bits per heavy atom. The van der Waals surface area contributed by atoms with E-state index in [2.05, 4.69) is 20.8 Å². The van der Waals surface area contributed by atoms with E-state index in [-0.39, 0.29) is 5.97 Å². The number of unbranched alkanes of at least 4 members (excludes halogenated alkanes) is 13. The molecule has 0 bridgehead atoms. The van der Waals surface area contributed by atoms with Crippen LogP contribution in [0.25, 0.3) is 0 Å². The van der Waals surface area contributed by atoms with Gasteiger partial charge in [-0.25, -0.2) is 0 Å². The van der Waals surface area contributed by atoms with Crippen molar-refractivity contribution in [3.63, 3.8) is 0 Å². The van der Waals surface area contributed by atoms with E-state index in [1.807, 2.05) is 14.1 Å². The molecule has 0 heterocycles. The van der Waals surface area contributed by atoms with Crippen molar-refractivity contribution in [3.8, 4) is 0 Å². The summed E-state index contributed by atoms with van der Waals surface area (Å²) in [7, 11) is 3.69. The number of carbonyl (C=O) groups excluding carboxylic acids is 1. The Hall–Kier alpha value is -0.610. The van der Waals surface area contributed by atoms with Gasteiger partial charge in [-0.1, -0.05) is 104 Å². The third-order valence-corrected chi connectivity index (χ3v) is 5.80. The summed E-state index contributed by atoms with van der Waals surface area (Å²) >= 11 is 0. The summed E-state index contributed by atoms with van der Waals surface area (Å²) in [6, 6.07) is 0. The third-order valence-electron chi connectivity index (χ3n) is 5.80. The molecule has 30 heavy (non-hydrogen) atoms. The molecule has 1 N–H and O–H groups in total. The van der Waals surface area contributed by atoms with Crippen molar-refractivity contribution in [2.24, 2.45) is 5.92 Å². The summed E-state index contributed by atoms with van der Waals surface area (Å²) in [5.74, 6) is 0.142. The Morgan fingerprint density at radius 1 is 0.833 bits per heavy atom. The second-order valence-electron chi connectivity index (χ2n) is 10.1. The Bertz CT molecular complexity index is 407. The summed E-state index contributed by atoms with van der Waals surface area (Å²) in [5.41, 5.74) is -1.04. The van der Waals surface area contributed by atoms with Gasteiger partial charge in [0.05, 0.1) is 0 Å². The molecule has 0 aliphatic rings. The lowest BCUT2D eigenvalue weighted by molar-refractivity contribution is -0.187. The highest BCUT2D eigenvalue weighted by Crippen LogP contribution is 2.24. The van der Waals surface area contributed by atoms with Gasteiger partial charge in [0.1, 0.15) is 5.60 Å². The van der Waals surface area contributed by atoms with Crippen molar-refractivity contribution in [2.75, 3.05) is 14.1 Å². The summed E-state index contributed by atoms with van der Waals surface area (Å²) < 4.78 is 5.63. The van der Waals surface area contributed by atoms with Gasteiger partial charge in [-0.3, -0.25) is 9.69 Å². The van der Waals surface area contributed by atoms with Gasteiger partial charge in [-0.15, -0.1) is 0 Å². The first-order valence-electron chi connectivity index (χ1n) is 12.8. The minimum absolute atomic E-state index is 0.198. The fraction of sp³-hybridized carbons (Fsp3) is 0.962. The fourth-order valence-electron chi connectivity index (χ4n) is 4.36. The van der Waals surface area contributed by atoms with Crippen LogP contribution in [-0.4, -0.2) is 41.9 Å². The summed E-state index contributed by atoms with van der Waals surface area (Å²) in [6.45, 7) is 8.17. The van der Waals surface area contributed by atoms with Gasteiger partial charge in [0, 0.05) is 6.42 Å². The van der Waals surface area contributed by atoms with Crippen LogP contribution in [0, 0.1) is 5.92 Å². The Labute approximate surface area is 188 Å². The summed E-state index contributed by atoms with van der Waals surface area (Å²) in [4.78, 5) is 14.0. The largest absolute Gasteiger partial charge is 0.443 e. The van der Waals surface area contributed by atoms with Crippen LogP contribution < -0.4 is 0 Å². The number of hydrogen-bond donors (Lipinski definition) is 1. The lowest BCUT2D eigenvalue weighted by atomic mass is 9.92. The molecular formula is C26H53NO3. The van der Waals surface area contributed by atoms with Gasteiger partial charge < -0.3 is 9.84 Å². The zero-order chi connectivity index (χ0) is 22.8. The van der Waals surface area contributed by atoms with E-state index in [0.29, 0.717) is 18.8 Å². The van der Waals surface area contributed by atoms with Crippen LogP contribution in [0.4, 0.5) is 0 Å². The van der Waals surface area contributed by atoms with Crippen LogP contribution in [0.5, 0.6) is 0 Å². The smallest absolute Gasteiger partial charge is 0.307 e. The van der Waals surface area contributed by atoms with Crippen LogP contribution in [0.1, 0.15) is 130 Å². The van der Waals surface area contributed by atoms with Crippen LogP contribution in [0.2, 0.25) is 0 Å². The molecule has 0 rings (SSSR count). The highest BCUT2D eigenvalue weighted by molar-refractivity contribution is 5.69. The molecular weight excluding hydrogens is 374 g/mol. The van der Waals surface area contributed by atoms with Gasteiger partial charge >= 0.3 is 5.97 Å². The molecule has 4 nitrogen and oxygen atoms in total. The average molecular weight is 428 g/mol. The molecule has 0 aliphatic heterocycles. The number of nitrogens with zero attached hydrogens (tertiary/aromatic N) is 1. The van der Waals surface area contributed by atoms with Crippen molar-refractivity contribution in [2.45, 2.75) is 142 Å². The van der Waals surface area contributed by atoms with Gasteiger partial charge in [0.25, 0.3) is 0 Å². The maximum Gasteiger partial charge on any atom is 0.307 e. The molecule has 0 aliphatic carbocycles. The van der Waals surface area contributed by atoms with Gasteiger partial charge in [0.2, 0.25) is 0 Å². The molecule has 4 heteroatoms. The molecule has 0 aromatic rings. The second-order valence-corrected chi connectivity index (χ2v) is 10.1. The van der Waals surface area contributed by atoms with Crippen LogP contribution in [0.15, 0.2) is 0 Å². The summed E-state index contributed by atoms with van der Waals surface area (Å²) in [6.07, 6.45) is 18.7. The Balaban J connectivity index is 3.73. The number of aliphatic hydroxyl groups is 1. The van der Waals surface area contributed by atoms with E-state index in [1.54, 1.807) is 11.8 Å². The van der Waals surface area contributed by atoms with Crippen molar-refractivity contribution in [1.29, 1.82) is 0 Å². The highest BCUT2D eigenvalue weighted by atomic mass is 16.6. The van der Waals surface area contributed by atoms with Gasteiger partial charge in [-0.05, 0) is 39.8 Å². The first kappa shape index (κ1) is 29.4. The Morgan fingerprint density at radius 2 is 1.23 bits per heavy atom. The van der Waals surface area contributed by atoms with Crippen molar-refractivity contribution in [1.82, 2.24) is 4.90 Å². The molecule has 0 radical (unpaired) electrons. The number of likely N-dealkylation sites (N-methyl/N-ethyl adjacent to an activating group) is 1. The lowest BCUT2D eigenvalue weighted by Crippen LogP contribution is -2.51. The molecule has 2 unspecified atom stereocenters. The SMILES string of the molecule is CCCCCCCCCCCCCCCCC(=O)OC(N(C)C)C(C)(O)CC(C)C. The van der Waals surface area contributed by atoms with E-state index in [1.165, 1.54) is 77.0 Å². The monoisotopic (exact) mass is 427 g/mol. The van der Waals surface area contributed by atoms with Crippen molar-refractivity contribution < 1.29 is 14.6 Å². The molecule has 0 aromatic heterocycles. The van der Waals surface area contributed by atoms with Gasteiger partial charge in [0.15, 0.2) is 6.23 Å².